The molecule has 1 fully saturated rings. The smallest absolute Gasteiger partial charge is 0.208 e. The van der Waals surface area contributed by atoms with Crippen LogP contribution in [-0.4, -0.2) is 34.9 Å². The molecule has 0 amide bonds. The molecule has 3 aromatic rings. The fourth-order valence-electron chi connectivity index (χ4n) is 3.96. The first-order valence-electron chi connectivity index (χ1n) is 10.6. The van der Waals surface area contributed by atoms with Crippen LogP contribution in [0.5, 0.6) is 0 Å². The summed E-state index contributed by atoms with van der Waals surface area (Å²) in [6, 6.07) is 15.7. The molecule has 1 N–H and O–H groups in total. The van der Waals surface area contributed by atoms with Crippen LogP contribution in [0.1, 0.15) is 30.3 Å². The Morgan fingerprint density at radius 3 is 2.91 bits per heavy atom. The fraction of sp³-hybridized carbons (Fsp3) is 0.240. The van der Waals surface area contributed by atoms with Crippen LogP contribution in [0.15, 0.2) is 60.4 Å². The quantitative estimate of drug-likeness (QED) is 0.637. The molecule has 1 aliphatic carbocycles. The molecule has 7 heteroatoms. The van der Waals surface area contributed by atoms with Gasteiger partial charge < -0.3 is 19.4 Å². The lowest BCUT2D eigenvalue weighted by molar-refractivity contribution is 0.0515. The van der Waals surface area contributed by atoms with Gasteiger partial charge in [-0.2, -0.15) is 5.26 Å². The maximum Gasteiger partial charge on any atom is 0.208 e. The van der Waals surface area contributed by atoms with Crippen molar-refractivity contribution in [1.82, 2.24) is 15.0 Å². The summed E-state index contributed by atoms with van der Waals surface area (Å²) >= 11 is 0. The lowest BCUT2D eigenvalue weighted by Gasteiger charge is -2.16. The van der Waals surface area contributed by atoms with E-state index in [1.54, 1.807) is 6.07 Å². The van der Waals surface area contributed by atoms with Crippen LogP contribution in [0.25, 0.3) is 17.0 Å². The number of nitriles is 1. The summed E-state index contributed by atoms with van der Waals surface area (Å²) in [5, 5.41) is 9.27. The number of rotatable bonds is 5. The van der Waals surface area contributed by atoms with Crippen molar-refractivity contribution in [2.45, 2.75) is 25.9 Å². The summed E-state index contributed by atoms with van der Waals surface area (Å²) < 4.78 is 11.2. The van der Waals surface area contributed by atoms with Crippen LogP contribution in [0.3, 0.4) is 0 Å². The Labute approximate surface area is 186 Å². The van der Waals surface area contributed by atoms with E-state index in [4.69, 9.17) is 19.4 Å². The topological polar surface area (TPSA) is 87.1 Å². The second-order valence-electron chi connectivity index (χ2n) is 7.76. The van der Waals surface area contributed by atoms with Crippen molar-refractivity contribution in [2.24, 2.45) is 0 Å². The Balaban J connectivity index is 1.60. The Morgan fingerprint density at radius 1 is 1.19 bits per heavy atom. The summed E-state index contributed by atoms with van der Waals surface area (Å²) in [5.74, 6) is 1.54. The predicted octanol–water partition coefficient (Wildman–Crippen LogP) is 4.72. The summed E-state index contributed by atoms with van der Waals surface area (Å²) in [4.78, 5) is 15.2. The summed E-state index contributed by atoms with van der Waals surface area (Å²) in [6.45, 7) is 2.38. The van der Waals surface area contributed by atoms with E-state index >= 15 is 0 Å². The average molecular weight is 425 g/mol. The van der Waals surface area contributed by atoms with Crippen molar-refractivity contribution in [3.05, 3.63) is 77.3 Å². The van der Waals surface area contributed by atoms with E-state index in [0.717, 1.165) is 46.2 Å². The Kier molecular flexibility index (Phi) is 5.21. The zero-order valence-corrected chi connectivity index (χ0v) is 18.0. The molecular formula is C25H23N5O2. The zero-order chi connectivity index (χ0) is 22.1. The minimum absolute atomic E-state index is 0.0806. The van der Waals surface area contributed by atoms with Crippen LogP contribution in [0, 0.1) is 11.3 Å². The highest BCUT2D eigenvalue weighted by Crippen LogP contribution is 2.37. The standard InChI is InChI=1S/C25H23N5O2/c1-3-18-7-5-9-20(27-18)24-23(17-10-11-21-22(13-17)32-15-31-21)28-25(29-24)30(2)19-8-4-6-16(12-19)14-26/h4-12,22H,3,13,15H2,1-2H3,(H,28,29). The van der Waals surface area contributed by atoms with Crippen molar-refractivity contribution >= 4 is 17.2 Å². The van der Waals surface area contributed by atoms with Crippen LogP contribution in [-0.2, 0) is 15.9 Å². The van der Waals surface area contributed by atoms with Gasteiger partial charge in [0.25, 0.3) is 0 Å². The monoisotopic (exact) mass is 425 g/mol. The van der Waals surface area contributed by atoms with E-state index in [9.17, 15) is 5.26 Å². The first kappa shape index (κ1) is 20.0. The van der Waals surface area contributed by atoms with Crippen LogP contribution < -0.4 is 4.90 Å². The first-order valence-corrected chi connectivity index (χ1v) is 10.6. The number of nitrogens with zero attached hydrogens (tertiary/aromatic N) is 4. The van der Waals surface area contributed by atoms with Crippen molar-refractivity contribution in [3.8, 4) is 17.5 Å². The number of imidazole rings is 1. The predicted molar refractivity (Wildman–Crippen MR) is 122 cm³/mol. The van der Waals surface area contributed by atoms with E-state index in [1.165, 1.54) is 0 Å². The molecule has 7 nitrogen and oxygen atoms in total. The molecule has 0 spiro atoms. The van der Waals surface area contributed by atoms with Crippen LogP contribution in [0.2, 0.25) is 0 Å². The third-order valence-corrected chi connectivity index (χ3v) is 5.77. The molecule has 160 valence electrons. The van der Waals surface area contributed by atoms with E-state index in [0.29, 0.717) is 17.9 Å². The molecule has 1 aromatic carbocycles. The number of benzene rings is 1. The average Bonchev–Trinajstić information content (AvgIpc) is 3.50. The summed E-state index contributed by atoms with van der Waals surface area (Å²) in [5.41, 5.74) is 6.10. The van der Waals surface area contributed by atoms with Gasteiger partial charge in [-0.05, 0) is 48.4 Å². The molecule has 0 radical (unpaired) electrons. The van der Waals surface area contributed by atoms with Gasteiger partial charge in [0.2, 0.25) is 5.95 Å². The number of anilines is 2. The highest BCUT2D eigenvalue weighted by Gasteiger charge is 2.30. The van der Waals surface area contributed by atoms with Crippen molar-refractivity contribution < 1.29 is 9.47 Å². The number of ether oxygens (including phenoxy) is 2. The molecule has 2 aromatic heterocycles. The molecular weight excluding hydrogens is 402 g/mol. The first-order chi connectivity index (χ1) is 15.7. The molecule has 5 rings (SSSR count). The zero-order valence-electron chi connectivity index (χ0n) is 18.0. The summed E-state index contributed by atoms with van der Waals surface area (Å²) in [7, 11) is 1.93. The normalized spacial score (nSPS) is 17.1. The highest BCUT2D eigenvalue weighted by atomic mass is 16.7. The number of nitrogens with one attached hydrogen (secondary N) is 1. The van der Waals surface area contributed by atoms with Crippen molar-refractivity contribution in [2.75, 3.05) is 18.7 Å². The van der Waals surface area contributed by atoms with Gasteiger partial charge in [0.05, 0.1) is 28.7 Å². The van der Waals surface area contributed by atoms with Gasteiger partial charge in [0.1, 0.15) is 11.9 Å². The SMILES string of the molecule is CCc1cccc(-c2[nH]c(N(C)c3cccc(C#N)c3)nc2C2=CC=C3OCOC3C2)n1. The highest BCUT2D eigenvalue weighted by molar-refractivity contribution is 5.80. The molecule has 1 aliphatic heterocycles. The minimum atomic E-state index is -0.0806. The van der Waals surface area contributed by atoms with E-state index < -0.39 is 0 Å². The molecule has 3 heterocycles. The Bertz CT molecular complexity index is 1270. The molecule has 1 atom stereocenters. The van der Waals surface area contributed by atoms with E-state index in [1.807, 2.05) is 60.5 Å². The molecule has 1 saturated heterocycles. The molecule has 1 unspecified atom stereocenters. The molecule has 0 bridgehead atoms. The Hall–Kier alpha value is -3.89. The lowest BCUT2D eigenvalue weighted by Crippen LogP contribution is -2.12. The Morgan fingerprint density at radius 2 is 2.06 bits per heavy atom. The van der Waals surface area contributed by atoms with Crippen LogP contribution >= 0.6 is 0 Å². The van der Waals surface area contributed by atoms with Gasteiger partial charge in [0, 0.05) is 24.8 Å². The number of fused-ring (bicyclic) bond motifs is 1. The van der Waals surface area contributed by atoms with Gasteiger partial charge in [-0.25, -0.2) is 4.98 Å². The number of aryl methyl sites for hydroxylation is 1. The molecule has 2 aliphatic rings. The second-order valence-corrected chi connectivity index (χ2v) is 7.76. The summed E-state index contributed by atoms with van der Waals surface area (Å²) in [6.07, 6.45) is 5.47. The van der Waals surface area contributed by atoms with Gasteiger partial charge in [0.15, 0.2) is 6.79 Å². The molecule has 0 saturated carbocycles. The van der Waals surface area contributed by atoms with E-state index in [2.05, 4.69) is 18.0 Å². The third-order valence-electron chi connectivity index (χ3n) is 5.77. The lowest BCUT2D eigenvalue weighted by atomic mass is 9.96. The number of H-pyrrole nitrogens is 1. The number of aromatic amines is 1. The largest absolute Gasteiger partial charge is 0.469 e. The van der Waals surface area contributed by atoms with Gasteiger partial charge in [-0.1, -0.05) is 25.1 Å². The van der Waals surface area contributed by atoms with Crippen molar-refractivity contribution in [3.63, 3.8) is 0 Å². The number of hydrogen-bond acceptors (Lipinski definition) is 6. The number of aromatic nitrogens is 3. The third kappa shape index (κ3) is 3.66. The minimum Gasteiger partial charge on any atom is -0.469 e. The van der Waals surface area contributed by atoms with E-state index in [-0.39, 0.29) is 12.9 Å². The van der Waals surface area contributed by atoms with Gasteiger partial charge >= 0.3 is 0 Å². The number of pyridine rings is 1. The van der Waals surface area contributed by atoms with Crippen molar-refractivity contribution in [1.29, 1.82) is 5.26 Å². The maximum atomic E-state index is 9.27. The maximum absolute atomic E-state index is 9.27. The van der Waals surface area contributed by atoms with Gasteiger partial charge in [-0.15, -0.1) is 0 Å². The number of hydrogen-bond donors (Lipinski definition) is 1. The molecule has 32 heavy (non-hydrogen) atoms. The van der Waals surface area contributed by atoms with Gasteiger partial charge in [-0.3, -0.25) is 4.98 Å². The number of allylic oxidation sites excluding steroid dienone is 2. The second kappa shape index (κ2) is 8.33. The van der Waals surface area contributed by atoms with Crippen LogP contribution in [0.4, 0.5) is 11.6 Å². The fourth-order valence-corrected chi connectivity index (χ4v) is 3.96.